The van der Waals surface area contributed by atoms with Crippen LogP contribution in [0, 0.1) is 6.92 Å². The number of benzene rings is 1. The first-order valence-electron chi connectivity index (χ1n) is 9.80. The van der Waals surface area contributed by atoms with E-state index in [-0.39, 0.29) is 30.6 Å². The predicted molar refractivity (Wildman–Crippen MR) is 112 cm³/mol. The van der Waals surface area contributed by atoms with Crippen LogP contribution < -0.4 is 4.74 Å². The smallest absolute Gasteiger partial charge is 0.295 e. The van der Waals surface area contributed by atoms with Crippen molar-refractivity contribution in [2.45, 2.75) is 32.9 Å². The van der Waals surface area contributed by atoms with E-state index in [1.807, 2.05) is 20.8 Å². The van der Waals surface area contributed by atoms with E-state index in [0.717, 1.165) is 5.56 Å². The predicted octanol–water partition coefficient (Wildman–Crippen LogP) is 3.25. The van der Waals surface area contributed by atoms with Gasteiger partial charge in [-0.3, -0.25) is 14.6 Å². The van der Waals surface area contributed by atoms with Gasteiger partial charge in [0.05, 0.1) is 24.3 Å². The Bertz CT molecular complexity index is 969. The van der Waals surface area contributed by atoms with Crippen molar-refractivity contribution in [1.29, 1.82) is 0 Å². The Morgan fingerprint density at radius 3 is 2.63 bits per heavy atom. The molecular formula is C23H26N2O5. The molecule has 1 fully saturated rings. The number of rotatable bonds is 7. The molecule has 30 heavy (non-hydrogen) atoms. The van der Waals surface area contributed by atoms with Gasteiger partial charge in [-0.05, 0) is 56.2 Å². The van der Waals surface area contributed by atoms with Gasteiger partial charge >= 0.3 is 0 Å². The molecular weight excluding hydrogens is 384 g/mol. The summed E-state index contributed by atoms with van der Waals surface area (Å²) >= 11 is 0. The minimum atomic E-state index is -0.736. The third-order valence-electron chi connectivity index (χ3n) is 4.90. The molecule has 1 N–H and O–H groups in total. The first-order valence-corrected chi connectivity index (χ1v) is 9.80. The van der Waals surface area contributed by atoms with Crippen molar-refractivity contribution in [1.82, 2.24) is 9.88 Å². The lowest BCUT2D eigenvalue weighted by atomic mass is 9.94. The molecule has 0 aliphatic carbocycles. The van der Waals surface area contributed by atoms with Crippen LogP contribution in [0.5, 0.6) is 5.75 Å². The lowest BCUT2D eigenvalue weighted by Gasteiger charge is -2.24. The van der Waals surface area contributed by atoms with E-state index >= 15 is 0 Å². The summed E-state index contributed by atoms with van der Waals surface area (Å²) < 4.78 is 10.8. The van der Waals surface area contributed by atoms with Crippen LogP contribution in [0.15, 0.2) is 48.3 Å². The summed E-state index contributed by atoms with van der Waals surface area (Å²) in [7, 11) is 1.53. The molecule has 158 valence electrons. The Labute approximate surface area is 175 Å². The highest BCUT2D eigenvalue weighted by atomic mass is 16.5. The van der Waals surface area contributed by atoms with Gasteiger partial charge < -0.3 is 19.5 Å². The quantitative estimate of drug-likeness (QED) is 0.428. The first kappa shape index (κ1) is 21.5. The Morgan fingerprint density at radius 1 is 1.27 bits per heavy atom. The molecule has 0 spiro atoms. The second-order valence-electron chi connectivity index (χ2n) is 7.41. The van der Waals surface area contributed by atoms with Gasteiger partial charge in [-0.25, -0.2) is 0 Å². The monoisotopic (exact) mass is 410 g/mol. The number of nitrogens with zero attached hydrogens (tertiary/aromatic N) is 2. The molecule has 7 nitrogen and oxygen atoms in total. The molecule has 7 heteroatoms. The van der Waals surface area contributed by atoms with Gasteiger partial charge in [0.25, 0.3) is 11.7 Å². The van der Waals surface area contributed by atoms with Gasteiger partial charge in [-0.1, -0.05) is 6.07 Å². The summed E-state index contributed by atoms with van der Waals surface area (Å²) in [5.41, 5.74) is 1.90. The number of aryl methyl sites for hydroxylation is 1. The maximum absolute atomic E-state index is 12.9. The molecule has 0 bridgehead atoms. The molecule has 1 saturated heterocycles. The van der Waals surface area contributed by atoms with Crippen molar-refractivity contribution in [3.05, 3.63) is 65.0 Å². The number of methoxy groups -OCH3 is 1. The lowest BCUT2D eigenvalue weighted by molar-refractivity contribution is -0.140. The maximum atomic E-state index is 12.9. The number of Topliss-reactive ketones (excluding diaryl/α,β-unsaturated/α-hetero) is 1. The number of amides is 1. The number of hydrogen-bond donors (Lipinski definition) is 1. The molecule has 2 aromatic rings. The van der Waals surface area contributed by atoms with Crippen LogP contribution >= 0.6 is 0 Å². The number of likely N-dealkylation sites (tertiary alicyclic amines) is 1. The summed E-state index contributed by atoms with van der Waals surface area (Å²) in [6.07, 6.45) is 3.22. The highest BCUT2D eigenvalue weighted by molar-refractivity contribution is 6.46. The molecule has 1 aliphatic heterocycles. The van der Waals surface area contributed by atoms with Crippen LogP contribution in [0.4, 0.5) is 0 Å². The van der Waals surface area contributed by atoms with Crippen LogP contribution in [0.1, 0.15) is 36.6 Å². The average molecular weight is 410 g/mol. The van der Waals surface area contributed by atoms with E-state index < -0.39 is 17.7 Å². The summed E-state index contributed by atoms with van der Waals surface area (Å²) in [4.78, 5) is 31.2. The number of hydrogen-bond acceptors (Lipinski definition) is 6. The molecule has 0 radical (unpaired) electrons. The molecule has 0 saturated carbocycles. The molecule has 3 rings (SSSR count). The zero-order chi connectivity index (χ0) is 21.8. The third-order valence-corrected chi connectivity index (χ3v) is 4.90. The number of aromatic nitrogens is 1. The van der Waals surface area contributed by atoms with Crippen LogP contribution in [0.25, 0.3) is 5.76 Å². The van der Waals surface area contributed by atoms with Gasteiger partial charge in [0.2, 0.25) is 0 Å². The van der Waals surface area contributed by atoms with Crippen LogP contribution in [-0.4, -0.2) is 53.0 Å². The van der Waals surface area contributed by atoms with Crippen molar-refractivity contribution >= 4 is 17.4 Å². The van der Waals surface area contributed by atoms with Crippen LogP contribution in [0.3, 0.4) is 0 Å². The number of pyridine rings is 1. The Morgan fingerprint density at radius 2 is 2.03 bits per heavy atom. The van der Waals surface area contributed by atoms with Crippen molar-refractivity contribution in [2.75, 3.05) is 20.3 Å². The minimum Gasteiger partial charge on any atom is -0.507 e. The topological polar surface area (TPSA) is 89.0 Å². The maximum Gasteiger partial charge on any atom is 0.295 e. The number of aliphatic hydroxyl groups excluding tert-OH is 1. The Hall–Kier alpha value is -3.19. The fourth-order valence-electron chi connectivity index (χ4n) is 3.58. The number of carbonyl (C=O) groups excluding carboxylic acids is 2. The fourth-order valence-corrected chi connectivity index (χ4v) is 3.58. The zero-order valence-corrected chi connectivity index (χ0v) is 17.6. The highest BCUT2D eigenvalue weighted by Crippen LogP contribution is 2.39. The van der Waals surface area contributed by atoms with E-state index in [9.17, 15) is 14.7 Å². The van der Waals surface area contributed by atoms with E-state index in [1.165, 1.54) is 12.0 Å². The average Bonchev–Trinajstić information content (AvgIpc) is 2.96. The van der Waals surface area contributed by atoms with Gasteiger partial charge in [0.1, 0.15) is 11.5 Å². The molecule has 0 unspecified atom stereocenters. The van der Waals surface area contributed by atoms with E-state index in [0.29, 0.717) is 16.9 Å². The first-order chi connectivity index (χ1) is 14.3. The summed E-state index contributed by atoms with van der Waals surface area (Å²) in [5, 5.41) is 11.1. The molecule has 2 heterocycles. The molecule has 1 atom stereocenters. The Kier molecular flexibility index (Phi) is 6.52. The number of ether oxygens (including phenoxy) is 2. The van der Waals surface area contributed by atoms with Crippen LogP contribution in [-0.2, 0) is 14.3 Å². The highest BCUT2D eigenvalue weighted by Gasteiger charge is 2.46. The summed E-state index contributed by atoms with van der Waals surface area (Å²) in [6, 6.07) is 8.01. The van der Waals surface area contributed by atoms with Crippen molar-refractivity contribution < 1.29 is 24.2 Å². The van der Waals surface area contributed by atoms with E-state index in [2.05, 4.69) is 4.98 Å². The van der Waals surface area contributed by atoms with Crippen molar-refractivity contribution in [3.63, 3.8) is 0 Å². The van der Waals surface area contributed by atoms with Gasteiger partial charge in [-0.15, -0.1) is 0 Å². The standard InChI is InChI=1S/C23H26N2O5/c1-14(2)30-17-7-8-18(15(3)12-17)21(26)19-20(16-6-5-9-24-13-16)25(10-11-29-4)23(28)22(19)27/h5-9,12-14,20,26H,10-11H2,1-4H3/t20-/m1/s1. The zero-order valence-electron chi connectivity index (χ0n) is 17.6. The molecule has 1 aromatic carbocycles. The summed E-state index contributed by atoms with van der Waals surface area (Å²) in [6.45, 7) is 6.17. The number of carbonyl (C=O) groups is 2. The SMILES string of the molecule is COCCN1C(=O)C(=O)C(=C(O)c2ccc(OC(C)C)cc2C)[C@H]1c1cccnc1. The minimum absolute atomic E-state index is 0.0144. The molecule has 1 aliphatic rings. The van der Waals surface area contributed by atoms with E-state index in [1.54, 1.807) is 42.7 Å². The van der Waals surface area contributed by atoms with E-state index in [4.69, 9.17) is 9.47 Å². The fraction of sp³-hybridized carbons (Fsp3) is 0.348. The van der Waals surface area contributed by atoms with Crippen molar-refractivity contribution in [3.8, 4) is 5.75 Å². The normalized spacial score (nSPS) is 18.3. The lowest BCUT2D eigenvalue weighted by Crippen LogP contribution is -2.32. The van der Waals surface area contributed by atoms with Gasteiger partial charge in [0, 0.05) is 31.6 Å². The van der Waals surface area contributed by atoms with Crippen LogP contribution in [0.2, 0.25) is 0 Å². The largest absolute Gasteiger partial charge is 0.507 e. The molecule has 1 aromatic heterocycles. The number of ketones is 1. The van der Waals surface area contributed by atoms with Gasteiger partial charge in [0.15, 0.2) is 0 Å². The van der Waals surface area contributed by atoms with Gasteiger partial charge in [-0.2, -0.15) is 0 Å². The Balaban J connectivity index is 2.11. The second kappa shape index (κ2) is 9.09. The number of aliphatic hydroxyl groups is 1. The molecule has 1 amide bonds. The van der Waals surface area contributed by atoms with Crippen molar-refractivity contribution in [2.24, 2.45) is 0 Å². The second-order valence-corrected chi connectivity index (χ2v) is 7.41. The third kappa shape index (κ3) is 4.21. The summed E-state index contributed by atoms with van der Waals surface area (Å²) in [5.74, 6) is -0.932.